The number of thiophene rings is 1. The number of likely N-dealkylation sites (tertiary alicyclic amines) is 1. The highest BCUT2D eigenvalue weighted by molar-refractivity contribution is 7.14. The van der Waals surface area contributed by atoms with Crippen molar-refractivity contribution < 1.29 is 14.3 Å². The predicted octanol–water partition coefficient (Wildman–Crippen LogP) is 4.68. The van der Waals surface area contributed by atoms with Gasteiger partial charge in [-0.1, -0.05) is 20.8 Å². The van der Waals surface area contributed by atoms with E-state index in [4.69, 9.17) is 4.74 Å². The first-order chi connectivity index (χ1) is 14.6. The molecule has 1 aromatic heterocycles. The first-order valence-electron chi connectivity index (χ1n) is 11.9. The van der Waals surface area contributed by atoms with Gasteiger partial charge in [-0.15, -0.1) is 11.3 Å². The van der Waals surface area contributed by atoms with Gasteiger partial charge in [-0.25, -0.2) is 0 Å². The van der Waals surface area contributed by atoms with Gasteiger partial charge in [0.15, 0.2) is 0 Å². The third kappa shape index (κ3) is 6.55. The number of rotatable bonds is 7. The van der Waals surface area contributed by atoms with Crippen LogP contribution in [-0.4, -0.2) is 49.1 Å². The first kappa shape index (κ1) is 24.2. The molecule has 1 saturated heterocycles. The van der Waals surface area contributed by atoms with E-state index in [1.54, 1.807) is 11.3 Å². The highest BCUT2D eigenvalue weighted by atomic mass is 32.1. The van der Waals surface area contributed by atoms with Crippen LogP contribution >= 0.6 is 11.3 Å². The van der Waals surface area contributed by atoms with E-state index in [0.717, 1.165) is 37.0 Å². The number of fused-ring (bicyclic) bond motifs is 1. The summed E-state index contributed by atoms with van der Waals surface area (Å²) in [6.07, 6.45) is 5.96. The Morgan fingerprint density at radius 1 is 1.23 bits per heavy atom. The minimum atomic E-state index is 0.0131. The van der Waals surface area contributed by atoms with E-state index >= 15 is 0 Å². The summed E-state index contributed by atoms with van der Waals surface area (Å²) in [6.45, 7) is 13.7. The molecule has 174 valence electrons. The second-order valence-corrected chi connectivity index (χ2v) is 11.6. The number of amides is 2. The zero-order chi connectivity index (χ0) is 22.6. The molecular formula is C25H40N2O3S. The van der Waals surface area contributed by atoms with Gasteiger partial charge in [0.05, 0.1) is 11.0 Å². The molecule has 0 aromatic carbocycles. The summed E-state index contributed by atoms with van der Waals surface area (Å²) in [5.74, 6) is 0.968. The molecule has 5 nitrogen and oxygen atoms in total. The van der Waals surface area contributed by atoms with Crippen LogP contribution in [0.2, 0.25) is 0 Å². The van der Waals surface area contributed by atoms with Crippen LogP contribution in [-0.2, 0) is 22.4 Å². The molecule has 3 rings (SSSR count). The standard InChI is InChI=1S/C25H40N2O3S/c1-17(2)30-14-6-11-26-23(28)18-9-12-27(13-10-18)24(29)22-16-19-15-20(25(3,4)5)7-8-21(19)31-22/h16-18,20H,6-15H2,1-5H3,(H,26,28)/t20-/m0/s1. The number of aryl methyl sites for hydroxylation is 1. The maximum absolute atomic E-state index is 13.1. The van der Waals surface area contributed by atoms with Crippen LogP contribution < -0.4 is 5.32 Å². The molecule has 1 fully saturated rings. The fourth-order valence-corrected chi connectivity index (χ4v) is 5.79. The monoisotopic (exact) mass is 448 g/mol. The summed E-state index contributed by atoms with van der Waals surface area (Å²) in [7, 11) is 0. The number of ether oxygens (including phenoxy) is 1. The van der Waals surface area contributed by atoms with Crippen LogP contribution in [0.5, 0.6) is 0 Å². The molecule has 0 unspecified atom stereocenters. The zero-order valence-corrected chi connectivity index (χ0v) is 20.8. The van der Waals surface area contributed by atoms with E-state index in [1.165, 1.54) is 16.9 Å². The Hall–Kier alpha value is -1.40. The van der Waals surface area contributed by atoms with Crippen molar-refractivity contribution in [2.45, 2.75) is 79.2 Å². The molecule has 0 spiro atoms. The summed E-state index contributed by atoms with van der Waals surface area (Å²) in [6, 6.07) is 2.15. The van der Waals surface area contributed by atoms with Gasteiger partial charge in [0.1, 0.15) is 0 Å². The number of nitrogens with one attached hydrogen (secondary N) is 1. The second kappa shape index (κ2) is 10.5. The summed E-state index contributed by atoms with van der Waals surface area (Å²) >= 11 is 1.69. The van der Waals surface area contributed by atoms with Crippen LogP contribution in [0, 0.1) is 17.3 Å². The lowest BCUT2D eigenvalue weighted by molar-refractivity contribution is -0.126. The molecule has 1 aromatic rings. The lowest BCUT2D eigenvalue weighted by Gasteiger charge is -2.33. The molecule has 31 heavy (non-hydrogen) atoms. The number of hydrogen-bond acceptors (Lipinski definition) is 4. The van der Waals surface area contributed by atoms with Crippen molar-refractivity contribution in [3.05, 3.63) is 21.4 Å². The van der Waals surface area contributed by atoms with E-state index < -0.39 is 0 Å². The van der Waals surface area contributed by atoms with E-state index in [9.17, 15) is 9.59 Å². The molecule has 0 bridgehead atoms. The van der Waals surface area contributed by atoms with Gasteiger partial charge < -0.3 is 15.0 Å². The number of hydrogen-bond donors (Lipinski definition) is 1. The van der Waals surface area contributed by atoms with Gasteiger partial charge in [-0.3, -0.25) is 9.59 Å². The maximum Gasteiger partial charge on any atom is 0.263 e. The molecule has 2 heterocycles. The fraction of sp³-hybridized carbons (Fsp3) is 0.760. The van der Waals surface area contributed by atoms with Crippen LogP contribution in [0.4, 0.5) is 0 Å². The molecule has 0 saturated carbocycles. The van der Waals surface area contributed by atoms with E-state index in [0.29, 0.717) is 37.6 Å². The molecule has 0 radical (unpaired) electrons. The topological polar surface area (TPSA) is 58.6 Å². The lowest BCUT2D eigenvalue weighted by Crippen LogP contribution is -2.43. The van der Waals surface area contributed by atoms with Crippen molar-refractivity contribution in [3.63, 3.8) is 0 Å². The predicted molar refractivity (Wildman–Crippen MR) is 127 cm³/mol. The highest BCUT2D eigenvalue weighted by Gasteiger charge is 2.32. The Labute approximate surface area is 191 Å². The lowest BCUT2D eigenvalue weighted by atomic mass is 9.72. The van der Waals surface area contributed by atoms with E-state index in [1.807, 2.05) is 18.7 Å². The minimum absolute atomic E-state index is 0.0131. The normalized spacial score (nSPS) is 20.1. The van der Waals surface area contributed by atoms with Gasteiger partial charge in [-0.2, -0.15) is 0 Å². The Morgan fingerprint density at radius 2 is 1.94 bits per heavy atom. The van der Waals surface area contributed by atoms with Crippen molar-refractivity contribution >= 4 is 23.2 Å². The SMILES string of the molecule is CC(C)OCCCNC(=O)C1CCN(C(=O)c2cc3c(s2)CC[C@H](C(C)(C)C)C3)CC1. The Balaban J connectivity index is 1.46. The van der Waals surface area contributed by atoms with Gasteiger partial charge in [0.25, 0.3) is 5.91 Å². The Bertz CT molecular complexity index is 757. The van der Waals surface area contributed by atoms with Crippen molar-refractivity contribution in [1.29, 1.82) is 0 Å². The molecule has 2 aliphatic rings. The van der Waals surface area contributed by atoms with Crippen molar-refractivity contribution in [1.82, 2.24) is 10.2 Å². The molecule has 1 aliphatic carbocycles. The van der Waals surface area contributed by atoms with E-state index in [-0.39, 0.29) is 23.8 Å². The average molecular weight is 449 g/mol. The van der Waals surface area contributed by atoms with Crippen LogP contribution in [0.1, 0.15) is 80.4 Å². The third-order valence-electron chi connectivity index (χ3n) is 6.74. The molecule has 1 aliphatic heterocycles. The fourth-order valence-electron chi connectivity index (χ4n) is 4.62. The second-order valence-electron chi connectivity index (χ2n) is 10.5. The summed E-state index contributed by atoms with van der Waals surface area (Å²) in [4.78, 5) is 29.8. The van der Waals surface area contributed by atoms with Crippen LogP contribution in [0.25, 0.3) is 0 Å². The number of piperidine rings is 1. The van der Waals surface area contributed by atoms with Crippen LogP contribution in [0.3, 0.4) is 0 Å². The van der Waals surface area contributed by atoms with Crippen LogP contribution in [0.15, 0.2) is 6.07 Å². The molecule has 1 atom stereocenters. The van der Waals surface area contributed by atoms with Gasteiger partial charge >= 0.3 is 0 Å². The quantitative estimate of drug-likeness (QED) is 0.616. The van der Waals surface area contributed by atoms with Gasteiger partial charge in [0, 0.05) is 37.0 Å². The number of carbonyl (C=O) groups is 2. The van der Waals surface area contributed by atoms with Crippen molar-refractivity contribution in [2.24, 2.45) is 17.3 Å². The number of nitrogens with zero attached hydrogens (tertiary/aromatic N) is 1. The minimum Gasteiger partial charge on any atom is -0.379 e. The van der Waals surface area contributed by atoms with E-state index in [2.05, 4.69) is 32.2 Å². The Kier molecular flexibility index (Phi) is 8.19. The highest BCUT2D eigenvalue weighted by Crippen LogP contribution is 2.40. The summed E-state index contributed by atoms with van der Waals surface area (Å²) < 4.78 is 5.51. The molecule has 2 amide bonds. The molecule has 6 heteroatoms. The average Bonchev–Trinajstić information content (AvgIpc) is 3.15. The van der Waals surface area contributed by atoms with Crippen molar-refractivity contribution in [2.75, 3.05) is 26.2 Å². The summed E-state index contributed by atoms with van der Waals surface area (Å²) in [5, 5.41) is 3.03. The zero-order valence-electron chi connectivity index (χ0n) is 20.0. The first-order valence-corrected chi connectivity index (χ1v) is 12.8. The molecular weight excluding hydrogens is 408 g/mol. The molecule has 1 N–H and O–H groups in total. The largest absolute Gasteiger partial charge is 0.379 e. The smallest absolute Gasteiger partial charge is 0.263 e. The number of carbonyl (C=O) groups excluding carboxylic acids is 2. The third-order valence-corrected chi connectivity index (χ3v) is 7.97. The Morgan fingerprint density at radius 3 is 2.58 bits per heavy atom. The van der Waals surface area contributed by atoms with Gasteiger partial charge in [-0.05, 0) is 75.3 Å². The van der Waals surface area contributed by atoms with Crippen molar-refractivity contribution in [3.8, 4) is 0 Å². The summed E-state index contributed by atoms with van der Waals surface area (Å²) in [5.41, 5.74) is 1.70. The maximum atomic E-state index is 13.1. The van der Waals surface area contributed by atoms with Gasteiger partial charge in [0.2, 0.25) is 5.91 Å².